The minimum atomic E-state index is -4.64. The second-order valence-corrected chi connectivity index (χ2v) is 5.68. The first-order valence-electron chi connectivity index (χ1n) is 7.27. The van der Waals surface area contributed by atoms with E-state index >= 15 is 0 Å². The lowest BCUT2D eigenvalue weighted by molar-refractivity contribution is -0.141. The minimum absolute atomic E-state index is 0.0144. The van der Waals surface area contributed by atoms with E-state index in [2.05, 4.69) is 20.5 Å². The highest BCUT2D eigenvalue weighted by molar-refractivity contribution is 6.65. The number of hydrogen-bond acceptors (Lipinski definition) is 7. The number of halogens is 5. The predicted molar refractivity (Wildman–Crippen MR) is 94.0 cm³/mol. The SMILES string of the molecule is CCOC(=O)C(=N\Nc1c(Cl)cc(C(F)(F)F)cc1Cl)/C(C)=N\OC(C)=O. The van der Waals surface area contributed by atoms with Crippen LogP contribution < -0.4 is 5.43 Å². The zero-order chi connectivity index (χ0) is 20.8. The van der Waals surface area contributed by atoms with Gasteiger partial charge < -0.3 is 9.57 Å². The van der Waals surface area contributed by atoms with Crippen LogP contribution in [0.25, 0.3) is 0 Å². The number of nitrogens with one attached hydrogen (secondary N) is 1. The Balaban J connectivity index is 3.25. The van der Waals surface area contributed by atoms with E-state index in [1.807, 2.05) is 0 Å². The Bertz CT molecular complexity index is 772. The van der Waals surface area contributed by atoms with Crippen LogP contribution in [0, 0.1) is 0 Å². The van der Waals surface area contributed by atoms with Gasteiger partial charge in [-0.15, -0.1) is 0 Å². The van der Waals surface area contributed by atoms with Gasteiger partial charge in [-0.25, -0.2) is 9.59 Å². The monoisotopic (exact) mass is 427 g/mol. The molecule has 0 unspecified atom stereocenters. The number of rotatable bonds is 6. The number of alkyl halides is 3. The highest BCUT2D eigenvalue weighted by Crippen LogP contribution is 2.38. The lowest BCUT2D eigenvalue weighted by atomic mass is 10.2. The Morgan fingerprint density at radius 1 is 1.19 bits per heavy atom. The number of ether oxygens (including phenoxy) is 1. The highest BCUT2D eigenvalue weighted by atomic mass is 35.5. The smallest absolute Gasteiger partial charge is 0.416 e. The summed E-state index contributed by atoms with van der Waals surface area (Å²) in [7, 11) is 0. The van der Waals surface area contributed by atoms with Crippen LogP contribution in [0.2, 0.25) is 10.0 Å². The fourth-order valence-corrected chi connectivity index (χ4v) is 2.18. The molecule has 0 aliphatic carbocycles. The van der Waals surface area contributed by atoms with Gasteiger partial charge in [0.05, 0.1) is 27.9 Å². The average Bonchev–Trinajstić information content (AvgIpc) is 2.54. The van der Waals surface area contributed by atoms with E-state index < -0.39 is 29.4 Å². The molecule has 0 aromatic heterocycles. The number of carbonyl (C=O) groups excluding carboxylic acids is 2. The van der Waals surface area contributed by atoms with Gasteiger partial charge in [0.2, 0.25) is 0 Å². The maximum absolute atomic E-state index is 12.8. The van der Waals surface area contributed by atoms with Crippen LogP contribution in [-0.2, 0) is 25.3 Å². The summed E-state index contributed by atoms with van der Waals surface area (Å²) in [6.07, 6.45) is -4.64. The molecular weight excluding hydrogens is 414 g/mol. The number of anilines is 1. The number of hydrogen-bond donors (Lipinski definition) is 1. The van der Waals surface area contributed by atoms with Gasteiger partial charge >= 0.3 is 18.1 Å². The third-order valence-electron chi connectivity index (χ3n) is 2.77. The molecule has 12 heteroatoms. The minimum Gasteiger partial charge on any atom is -0.461 e. The number of nitrogens with zero attached hydrogens (tertiary/aromatic N) is 2. The Kier molecular flexibility index (Phi) is 8.04. The standard InChI is InChI=1S/C15H14Cl2F3N3O4/c1-4-26-14(25)12(7(2)23-27-8(3)24)21-22-13-10(16)5-9(6-11(13)17)15(18,19)20/h5-6,22H,4H2,1-3H3/b21-12-,23-7-. The summed E-state index contributed by atoms with van der Waals surface area (Å²) in [5.74, 6) is -1.66. The van der Waals surface area contributed by atoms with Crippen molar-refractivity contribution >= 4 is 52.3 Å². The summed E-state index contributed by atoms with van der Waals surface area (Å²) >= 11 is 11.6. The molecule has 0 heterocycles. The first kappa shape index (κ1) is 22.7. The van der Waals surface area contributed by atoms with Crippen LogP contribution in [-0.4, -0.2) is 30.0 Å². The van der Waals surface area contributed by atoms with E-state index in [0.717, 1.165) is 6.92 Å². The zero-order valence-corrected chi connectivity index (χ0v) is 15.8. The molecule has 1 N–H and O–H groups in total. The van der Waals surface area contributed by atoms with Crippen LogP contribution >= 0.6 is 23.2 Å². The summed E-state index contributed by atoms with van der Waals surface area (Å²) in [5, 5.41) is 6.38. The molecule has 148 valence electrons. The topological polar surface area (TPSA) is 89.3 Å². The van der Waals surface area contributed by atoms with Crippen molar-refractivity contribution in [1.29, 1.82) is 0 Å². The normalized spacial score (nSPS) is 12.6. The maximum atomic E-state index is 12.8. The summed E-state index contributed by atoms with van der Waals surface area (Å²) in [6, 6.07) is 1.30. The molecule has 0 aliphatic rings. The van der Waals surface area contributed by atoms with Crippen molar-refractivity contribution in [2.45, 2.75) is 26.9 Å². The summed E-state index contributed by atoms with van der Waals surface area (Å²) in [5.41, 5.74) is 0.552. The van der Waals surface area contributed by atoms with Crippen LogP contribution in [0.5, 0.6) is 0 Å². The molecule has 1 aromatic rings. The lowest BCUT2D eigenvalue weighted by Gasteiger charge is -2.12. The molecule has 1 aromatic carbocycles. The van der Waals surface area contributed by atoms with Gasteiger partial charge in [-0.3, -0.25) is 5.43 Å². The molecule has 0 atom stereocenters. The number of esters is 1. The van der Waals surface area contributed by atoms with E-state index in [0.29, 0.717) is 12.1 Å². The molecule has 1 rings (SSSR count). The second kappa shape index (κ2) is 9.56. The Labute approximate surface area is 162 Å². The zero-order valence-electron chi connectivity index (χ0n) is 14.3. The van der Waals surface area contributed by atoms with Gasteiger partial charge in [0, 0.05) is 6.92 Å². The van der Waals surface area contributed by atoms with Gasteiger partial charge in [0.25, 0.3) is 0 Å². The van der Waals surface area contributed by atoms with Crippen molar-refractivity contribution < 1.29 is 32.3 Å². The summed E-state index contributed by atoms with van der Waals surface area (Å²) in [4.78, 5) is 27.2. The van der Waals surface area contributed by atoms with E-state index in [-0.39, 0.29) is 28.1 Å². The lowest BCUT2D eigenvalue weighted by Crippen LogP contribution is -2.26. The molecule has 0 radical (unpaired) electrons. The van der Waals surface area contributed by atoms with Crippen molar-refractivity contribution in [3.05, 3.63) is 27.7 Å². The van der Waals surface area contributed by atoms with Crippen molar-refractivity contribution in [1.82, 2.24) is 0 Å². The number of carbonyl (C=O) groups is 2. The van der Waals surface area contributed by atoms with Gasteiger partial charge in [-0.1, -0.05) is 28.4 Å². The van der Waals surface area contributed by atoms with E-state index in [9.17, 15) is 22.8 Å². The van der Waals surface area contributed by atoms with Crippen molar-refractivity contribution in [3.63, 3.8) is 0 Å². The van der Waals surface area contributed by atoms with Crippen LogP contribution in [0.1, 0.15) is 26.3 Å². The van der Waals surface area contributed by atoms with Crippen molar-refractivity contribution in [3.8, 4) is 0 Å². The van der Waals surface area contributed by atoms with E-state index in [1.54, 1.807) is 6.92 Å². The van der Waals surface area contributed by atoms with Crippen molar-refractivity contribution in [2.75, 3.05) is 12.0 Å². The number of hydrazone groups is 1. The third kappa shape index (κ3) is 6.72. The second-order valence-electron chi connectivity index (χ2n) is 4.86. The number of benzene rings is 1. The molecule has 0 amide bonds. The van der Waals surface area contributed by atoms with Gasteiger partial charge in [0.1, 0.15) is 5.71 Å². The van der Waals surface area contributed by atoms with E-state index in [1.165, 1.54) is 6.92 Å². The first-order chi connectivity index (χ1) is 12.5. The van der Waals surface area contributed by atoms with Gasteiger partial charge in [0.15, 0.2) is 5.71 Å². The fraction of sp³-hybridized carbons (Fsp3) is 0.333. The Morgan fingerprint density at radius 3 is 2.19 bits per heavy atom. The molecule has 0 aliphatic heterocycles. The van der Waals surface area contributed by atoms with E-state index in [4.69, 9.17) is 27.9 Å². The third-order valence-corrected chi connectivity index (χ3v) is 3.37. The Hall–Kier alpha value is -2.33. The molecule has 27 heavy (non-hydrogen) atoms. The Morgan fingerprint density at radius 2 is 1.74 bits per heavy atom. The molecule has 7 nitrogen and oxygen atoms in total. The molecular formula is C15H14Cl2F3N3O4. The van der Waals surface area contributed by atoms with Crippen LogP contribution in [0.15, 0.2) is 22.4 Å². The summed E-state index contributed by atoms with van der Waals surface area (Å²) in [6.45, 7) is 3.96. The van der Waals surface area contributed by atoms with Gasteiger partial charge in [-0.2, -0.15) is 18.3 Å². The predicted octanol–water partition coefficient (Wildman–Crippen LogP) is 4.28. The quantitative estimate of drug-likeness (QED) is 0.316. The molecule has 0 fully saturated rings. The molecule has 0 saturated heterocycles. The van der Waals surface area contributed by atoms with Crippen LogP contribution in [0.4, 0.5) is 18.9 Å². The summed E-state index contributed by atoms with van der Waals surface area (Å²) < 4.78 is 43.1. The number of oxime groups is 1. The van der Waals surface area contributed by atoms with Crippen molar-refractivity contribution in [2.24, 2.45) is 10.3 Å². The fourth-order valence-electron chi connectivity index (χ4n) is 1.61. The van der Waals surface area contributed by atoms with Crippen LogP contribution in [0.3, 0.4) is 0 Å². The largest absolute Gasteiger partial charge is 0.461 e. The maximum Gasteiger partial charge on any atom is 0.416 e. The highest BCUT2D eigenvalue weighted by Gasteiger charge is 2.32. The average molecular weight is 428 g/mol. The molecule has 0 spiro atoms. The first-order valence-corrected chi connectivity index (χ1v) is 8.02. The molecule has 0 bridgehead atoms. The van der Waals surface area contributed by atoms with Gasteiger partial charge in [-0.05, 0) is 26.0 Å². The molecule has 0 saturated carbocycles.